The number of ether oxygens (including phenoxy) is 1. The molecule has 1 amide bonds. The average Bonchev–Trinajstić information content (AvgIpc) is 2.65. The topological polar surface area (TPSA) is 105 Å². The predicted molar refractivity (Wildman–Crippen MR) is 101 cm³/mol. The van der Waals surface area contributed by atoms with E-state index in [0.29, 0.717) is 21.9 Å². The van der Waals surface area contributed by atoms with Gasteiger partial charge >= 0.3 is 6.18 Å². The van der Waals surface area contributed by atoms with Gasteiger partial charge in [0.15, 0.2) is 0 Å². The molecule has 7 nitrogen and oxygen atoms in total. The summed E-state index contributed by atoms with van der Waals surface area (Å²) in [4.78, 5) is 22.1. The lowest BCUT2D eigenvalue weighted by Crippen LogP contribution is -2.18. The van der Waals surface area contributed by atoms with Crippen LogP contribution in [0.15, 0.2) is 46.4 Å². The van der Waals surface area contributed by atoms with Crippen molar-refractivity contribution in [3.63, 3.8) is 0 Å². The number of benzene rings is 2. The van der Waals surface area contributed by atoms with Gasteiger partial charge in [-0.1, -0.05) is 15.9 Å². The molecule has 2 aromatic carbocycles. The third-order valence-electron chi connectivity index (χ3n) is 3.62. The summed E-state index contributed by atoms with van der Waals surface area (Å²) >= 11 is 3.23. The number of nitro benzene ring substituents is 1. The molecule has 0 aliphatic heterocycles. The number of carbonyl (C=O) groups is 1. The van der Waals surface area contributed by atoms with E-state index in [1.54, 1.807) is 24.3 Å². The van der Waals surface area contributed by atoms with Crippen molar-refractivity contribution in [3.8, 4) is 11.8 Å². The van der Waals surface area contributed by atoms with Gasteiger partial charge in [-0.15, -0.1) is 0 Å². The fourth-order valence-electron chi connectivity index (χ4n) is 2.30. The first-order valence-corrected chi connectivity index (χ1v) is 8.48. The fourth-order valence-corrected chi connectivity index (χ4v) is 2.68. The van der Waals surface area contributed by atoms with Gasteiger partial charge in [-0.25, -0.2) is 0 Å². The summed E-state index contributed by atoms with van der Waals surface area (Å²) in [7, 11) is 1.37. The van der Waals surface area contributed by atoms with Gasteiger partial charge in [0.25, 0.3) is 11.6 Å². The van der Waals surface area contributed by atoms with Crippen molar-refractivity contribution in [3.05, 3.63) is 67.7 Å². The molecule has 0 aliphatic rings. The molecule has 0 heterocycles. The van der Waals surface area contributed by atoms with E-state index in [2.05, 4.69) is 15.9 Å². The van der Waals surface area contributed by atoms with Crippen molar-refractivity contribution >= 4 is 39.3 Å². The number of nitrogens with zero attached hydrogens (tertiary/aromatic N) is 2. The molecular weight excluding hydrogens is 459 g/mol. The highest BCUT2D eigenvalue weighted by Gasteiger charge is 2.35. The molecule has 0 saturated heterocycles. The minimum atomic E-state index is -4.96. The number of halogens is 4. The molecule has 0 radical (unpaired) electrons. The lowest BCUT2D eigenvalue weighted by atomic mass is 10.1. The molecule has 0 aliphatic carbocycles. The zero-order valence-corrected chi connectivity index (χ0v) is 16.2. The van der Waals surface area contributed by atoms with Crippen LogP contribution in [0.25, 0.3) is 6.08 Å². The molecule has 0 spiro atoms. The molecule has 11 heteroatoms. The van der Waals surface area contributed by atoms with E-state index in [1.807, 2.05) is 5.32 Å². The van der Waals surface area contributed by atoms with E-state index in [-0.39, 0.29) is 0 Å². The summed E-state index contributed by atoms with van der Waals surface area (Å²) in [5.41, 5.74) is -3.06. The predicted octanol–water partition coefficient (Wildman–Crippen LogP) is 4.93. The zero-order valence-electron chi connectivity index (χ0n) is 14.6. The van der Waals surface area contributed by atoms with Crippen molar-refractivity contribution < 1.29 is 27.6 Å². The van der Waals surface area contributed by atoms with Crippen LogP contribution >= 0.6 is 15.9 Å². The fraction of sp³-hybridized carbons (Fsp3) is 0.111. The number of amides is 1. The summed E-state index contributed by atoms with van der Waals surface area (Å²) in [6.45, 7) is 0. The minimum absolute atomic E-state index is 0.308. The Morgan fingerprint density at radius 3 is 2.55 bits per heavy atom. The van der Waals surface area contributed by atoms with Crippen LogP contribution in [-0.2, 0) is 11.0 Å². The largest absolute Gasteiger partial charge is 0.496 e. The SMILES string of the molecule is COc1ccc(Br)cc1/C=C(\C#N)C(=O)Nc1ccc([N+](=O)[O-])cc1C(F)(F)F. The second-order valence-electron chi connectivity index (χ2n) is 5.49. The molecule has 2 aromatic rings. The standard InChI is InChI=1S/C18H11BrF3N3O4/c1-29-16-5-2-12(19)7-10(16)6-11(9-23)17(26)24-15-4-3-13(25(27)28)8-14(15)18(20,21)22/h2-8H,1H3,(H,24,26)/b11-6+. The molecule has 0 bridgehead atoms. The van der Waals surface area contributed by atoms with Crippen molar-refractivity contribution in [2.24, 2.45) is 0 Å². The molecule has 0 atom stereocenters. The number of nitrogens with one attached hydrogen (secondary N) is 1. The van der Waals surface area contributed by atoms with Gasteiger partial charge in [0, 0.05) is 22.2 Å². The quantitative estimate of drug-likeness (QED) is 0.289. The van der Waals surface area contributed by atoms with Crippen molar-refractivity contribution in [1.82, 2.24) is 0 Å². The first kappa shape index (κ1) is 21.9. The second-order valence-corrected chi connectivity index (χ2v) is 6.41. The van der Waals surface area contributed by atoms with Crippen LogP contribution in [0.1, 0.15) is 11.1 Å². The smallest absolute Gasteiger partial charge is 0.418 e. The van der Waals surface area contributed by atoms with Crippen LogP contribution in [-0.4, -0.2) is 17.9 Å². The third kappa shape index (κ3) is 5.32. The Kier molecular flexibility index (Phi) is 6.60. The molecule has 150 valence electrons. The summed E-state index contributed by atoms with van der Waals surface area (Å²) < 4.78 is 45.5. The van der Waals surface area contributed by atoms with E-state index >= 15 is 0 Å². The lowest BCUT2D eigenvalue weighted by molar-refractivity contribution is -0.385. The maximum Gasteiger partial charge on any atom is 0.418 e. The van der Waals surface area contributed by atoms with E-state index in [4.69, 9.17) is 4.74 Å². The number of non-ortho nitro benzene ring substituents is 1. The van der Waals surface area contributed by atoms with Gasteiger partial charge in [0.05, 0.1) is 23.3 Å². The molecule has 0 unspecified atom stereocenters. The summed E-state index contributed by atoms with van der Waals surface area (Å²) in [5, 5.41) is 22.0. The van der Waals surface area contributed by atoms with Gasteiger partial charge in [0.2, 0.25) is 0 Å². The van der Waals surface area contributed by atoms with E-state index in [9.17, 15) is 33.3 Å². The Hall–Kier alpha value is -3.39. The molecule has 0 saturated carbocycles. The highest BCUT2D eigenvalue weighted by Crippen LogP contribution is 2.37. The van der Waals surface area contributed by atoms with Crippen LogP contribution in [0, 0.1) is 21.4 Å². The van der Waals surface area contributed by atoms with E-state index in [1.165, 1.54) is 7.11 Å². The monoisotopic (exact) mass is 469 g/mol. The lowest BCUT2D eigenvalue weighted by Gasteiger charge is -2.13. The van der Waals surface area contributed by atoms with Gasteiger partial charge in [-0.05, 0) is 30.3 Å². The summed E-state index contributed by atoms with van der Waals surface area (Å²) in [5.74, 6) is -0.783. The number of rotatable bonds is 5. The number of nitro groups is 1. The minimum Gasteiger partial charge on any atom is -0.496 e. The number of methoxy groups -OCH3 is 1. The summed E-state index contributed by atoms with van der Waals surface area (Å²) in [6.07, 6.45) is -3.81. The molecule has 0 fully saturated rings. The van der Waals surface area contributed by atoms with Gasteiger partial charge in [-0.2, -0.15) is 18.4 Å². The Morgan fingerprint density at radius 1 is 1.31 bits per heavy atom. The first-order valence-electron chi connectivity index (χ1n) is 7.69. The van der Waals surface area contributed by atoms with Gasteiger partial charge in [-0.3, -0.25) is 14.9 Å². The molecule has 2 rings (SSSR count). The normalized spacial score (nSPS) is 11.5. The van der Waals surface area contributed by atoms with Crippen LogP contribution in [0.5, 0.6) is 5.75 Å². The van der Waals surface area contributed by atoms with Crippen molar-refractivity contribution in [2.45, 2.75) is 6.18 Å². The first-order chi connectivity index (χ1) is 13.6. The van der Waals surface area contributed by atoms with Crippen molar-refractivity contribution in [2.75, 3.05) is 12.4 Å². The Bertz CT molecular complexity index is 1050. The van der Waals surface area contributed by atoms with E-state index < -0.39 is 39.5 Å². The molecule has 0 aromatic heterocycles. The number of alkyl halides is 3. The maximum absolute atomic E-state index is 13.2. The Labute approximate surface area is 170 Å². The van der Waals surface area contributed by atoms with Gasteiger partial charge < -0.3 is 10.1 Å². The van der Waals surface area contributed by atoms with Crippen molar-refractivity contribution in [1.29, 1.82) is 5.26 Å². The zero-order chi connectivity index (χ0) is 21.8. The number of hydrogen-bond donors (Lipinski definition) is 1. The number of carbonyl (C=O) groups excluding carboxylic acids is 1. The molecule has 29 heavy (non-hydrogen) atoms. The average molecular weight is 470 g/mol. The Morgan fingerprint density at radius 2 is 2.00 bits per heavy atom. The summed E-state index contributed by atoms with van der Waals surface area (Å²) in [6, 6.07) is 8.28. The Balaban J connectivity index is 2.44. The second kappa shape index (κ2) is 8.74. The van der Waals surface area contributed by atoms with E-state index in [0.717, 1.165) is 18.2 Å². The van der Waals surface area contributed by atoms with Crippen LogP contribution in [0.3, 0.4) is 0 Å². The molecular formula is C18H11BrF3N3O4. The number of nitriles is 1. The third-order valence-corrected chi connectivity index (χ3v) is 4.12. The van der Waals surface area contributed by atoms with Crippen LogP contribution in [0.4, 0.5) is 24.5 Å². The van der Waals surface area contributed by atoms with Gasteiger partial charge in [0.1, 0.15) is 17.4 Å². The highest BCUT2D eigenvalue weighted by atomic mass is 79.9. The van der Waals surface area contributed by atoms with Crippen LogP contribution < -0.4 is 10.1 Å². The number of hydrogen-bond acceptors (Lipinski definition) is 5. The maximum atomic E-state index is 13.2. The highest BCUT2D eigenvalue weighted by molar-refractivity contribution is 9.10. The number of anilines is 1. The molecule has 1 N–H and O–H groups in total. The van der Waals surface area contributed by atoms with Crippen LogP contribution in [0.2, 0.25) is 0 Å².